The lowest BCUT2D eigenvalue weighted by Crippen LogP contribution is -2.45. The number of halogens is 1. The number of benzene rings is 1. The molecule has 0 aromatic heterocycles. The fraction of sp³-hybridized carbons (Fsp3) is 0.650. The molecule has 27 heavy (non-hydrogen) atoms. The van der Waals surface area contributed by atoms with Crippen LogP contribution in [0.5, 0.6) is 5.75 Å². The van der Waals surface area contributed by atoms with Crippen LogP contribution in [0.4, 0.5) is 0 Å². The highest BCUT2D eigenvalue weighted by atomic mass is 127. The molecule has 1 atom stereocenters. The molecule has 6 nitrogen and oxygen atoms in total. The van der Waals surface area contributed by atoms with Gasteiger partial charge in [-0.2, -0.15) is 0 Å². The molecule has 1 saturated heterocycles. The molecular weight excluding hydrogens is 455 g/mol. The molecule has 1 aromatic carbocycles. The van der Waals surface area contributed by atoms with E-state index in [0.29, 0.717) is 0 Å². The summed E-state index contributed by atoms with van der Waals surface area (Å²) in [5.41, 5.74) is 1.11. The minimum Gasteiger partial charge on any atom is -0.494 e. The summed E-state index contributed by atoms with van der Waals surface area (Å²) < 4.78 is 11.6. The second-order valence-corrected chi connectivity index (χ2v) is 7.33. The smallest absolute Gasteiger partial charge is 0.191 e. The summed E-state index contributed by atoms with van der Waals surface area (Å²) in [6.45, 7) is 6.28. The lowest BCUT2D eigenvalue weighted by molar-refractivity contribution is 0.0243. The van der Waals surface area contributed by atoms with Crippen molar-refractivity contribution >= 4 is 29.9 Å². The van der Waals surface area contributed by atoms with E-state index in [1.54, 1.807) is 7.05 Å². The van der Waals surface area contributed by atoms with E-state index < -0.39 is 0 Å². The molecule has 1 aliphatic heterocycles. The monoisotopic (exact) mass is 490 g/mol. The summed E-state index contributed by atoms with van der Waals surface area (Å²) in [5.74, 6) is 1.71. The van der Waals surface area contributed by atoms with Crippen molar-refractivity contribution in [1.82, 2.24) is 15.5 Å². The number of hydrogen-bond acceptors (Lipinski definition) is 4. The molecular formula is C20H35IN4O2. The number of nitrogens with zero attached hydrogens (tertiary/aromatic N) is 2. The normalized spacial score (nSPS) is 19.7. The Labute approximate surface area is 181 Å². The van der Waals surface area contributed by atoms with E-state index in [0.717, 1.165) is 63.8 Å². The molecule has 0 amide bonds. The SMILES string of the molecule is CN=C(NCc1ccc(OCCCN(C)C)cc1)NCC1(C)CCCO1.I. The third-order valence-electron chi connectivity index (χ3n) is 4.56. The van der Waals surface area contributed by atoms with Gasteiger partial charge in [-0.05, 0) is 58.0 Å². The third-order valence-corrected chi connectivity index (χ3v) is 4.56. The Balaban J connectivity index is 0.00000364. The van der Waals surface area contributed by atoms with Gasteiger partial charge in [0.25, 0.3) is 0 Å². The zero-order valence-corrected chi connectivity index (χ0v) is 19.4. The van der Waals surface area contributed by atoms with Crippen LogP contribution in [0.15, 0.2) is 29.3 Å². The highest BCUT2D eigenvalue weighted by molar-refractivity contribution is 14.0. The number of nitrogens with one attached hydrogen (secondary N) is 2. The van der Waals surface area contributed by atoms with Crippen LogP contribution >= 0.6 is 24.0 Å². The second kappa shape index (κ2) is 12.4. The molecule has 154 valence electrons. The lowest BCUT2D eigenvalue weighted by atomic mass is 10.0. The number of aliphatic imine (C=N–C) groups is 1. The first-order valence-electron chi connectivity index (χ1n) is 9.46. The minimum atomic E-state index is -0.0802. The van der Waals surface area contributed by atoms with Crippen molar-refractivity contribution in [2.45, 2.75) is 38.3 Å². The first kappa shape index (κ1) is 24.0. The summed E-state index contributed by atoms with van der Waals surface area (Å²) in [6.07, 6.45) is 3.25. The van der Waals surface area contributed by atoms with Crippen LogP contribution in [0.1, 0.15) is 31.7 Å². The van der Waals surface area contributed by atoms with Crippen molar-refractivity contribution in [3.05, 3.63) is 29.8 Å². The summed E-state index contributed by atoms with van der Waals surface area (Å²) in [4.78, 5) is 6.45. The Morgan fingerprint density at radius 2 is 2.00 bits per heavy atom. The highest BCUT2D eigenvalue weighted by Gasteiger charge is 2.29. The standard InChI is InChI=1S/C20H34N4O2.HI/c1-20(11-5-14-26-20)16-23-19(21-2)22-15-17-7-9-18(10-8-17)25-13-6-12-24(3)4;/h7-10H,5-6,11-16H2,1-4H3,(H2,21,22,23);1H. The maximum atomic E-state index is 5.80. The molecule has 7 heteroatoms. The molecule has 1 heterocycles. The van der Waals surface area contributed by atoms with Gasteiger partial charge in [0.05, 0.1) is 12.2 Å². The van der Waals surface area contributed by atoms with Crippen LogP contribution in [0.3, 0.4) is 0 Å². The minimum absolute atomic E-state index is 0. The molecule has 2 rings (SSSR count). The van der Waals surface area contributed by atoms with Crippen LogP contribution in [-0.4, -0.2) is 63.9 Å². The van der Waals surface area contributed by atoms with Crippen molar-refractivity contribution < 1.29 is 9.47 Å². The van der Waals surface area contributed by atoms with Gasteiger partial charge in [-0.25, -0.2) is 0 Å². The molecule has 0 aliphatic carbocycles. The largest absolute Gasteiger partial charge is 0.494 e. The fourth-order valence-corrected chi connectivity index (χ4v) is 2.93. The zero-order chi connectivity index (χ0) is 18.8. The number of ether oxygens (including phenoxy) is 2. The fourth-order valence-electron chi connectivity index (χ4n) is 2.93. The van der Waals surface area contributed by atoms with E-state index in [2.05, 4.69) is 53.7 Å². The predicted octanol–water partition coefficient (Wildman–Crippen LogP) is 2.87. The van der Waals surface area contributed by atoms with Crippen molar-refractivity contribution in [2.75, 3.05) is 47.4 Å². The molecule has 1 unspecified atom stereocenters. The van der Waals surface area contributed by atoms with Crippen molar-refractivity contribution in [1.29, 1.82) is 0 Å². The van der Waals surface area contributed by atoms with Gasteiger partial charge in [-0.15, -0.1) is 24.0 Å². The van der Waals surface area contributed by atoms with E-state index in [9.17, 15) is 0 Å². The second-order valence-electron chi connectivity index (χ2n) is 7.33. The van der Waals surface area contributed by atoms with Gasteiger partial charge < -0.3 is 25.0 Å². The molecule has 1 aromatic rings. The summed E-state index contributed by atoms with van der Waals surface area (Å²) in [7, 11) is 5.94. The maximum Gasteiger partial charge on any atom is 0.191 e. The Hall–Kier alpha value is -1.06. The van der Waals surface area contributed by atoms with E-state index in [4.69, 9.17) is 9.47 Å². The van der Waals surface area contributed by atoms with Gasteiger partial charge in [0.1, 0.15) is 5.75 Å². The van der Waals surface area contributed by atoms with Crippen molar-refractivity contribution in [3.63, 3.8) is 0 Å². The van der Waals surface area contributed by atoms with E-state index in [1.165, 1.54) is 5.56 Å². The Morgan fingerprint density at radius 1 is 1.26 bits per heavy atom. The van der Waals surface area contributed by atoms with Crippen LogP contribution < -0.4 is 15.4 Å². The predicted molar refractivity (Wildman–Crippen MR) is 122 cm³/mol. The Morgan fingerprint density at radius 3 is 2.59 bits per heavy atom. The third kappa shape index (κ3) is 9.12. The molecule has 1 aliphatic rings. The molecule has 0 spiro atoms. The lowest BCUT2D eigenvalue weighted by Gasteiger charge is -2.24. The average molecular weight is 490 g/mol. The maximum absolute atomic E-state index is 5.80. The van der Waals surface area contributed by atoms with E-state index >= 15 is 0 Å². The summed E-state index contributed by atoms with van der Waals surface area (Å²) >= 11 is 0. The van der Waals surface area contributed by atoms with E-state index in [1.807, 2.05) is 12.1 Å². The Kier molecular flexibility index (Phi) is 11.0. The quantitative estimate of drug-likeness (QED) is 0.241. The van der Waals surface area contributed by atoms with Crippen LogP contribution in [0.25, 0.3) is 0 Å². The van der Waals surface area contributed by atoms with Crippen molar-refractivity contribution in [2.24, 2.45) is 4.99 Å². The van der Waals surface area contributed by atoms with Gasteiger partial charge >= 0.3 is 0 Å². The topological polar surface area (TPSA) is 58.1 Å². The first-order valence-corrected chi connectivity index (χ1v) is 9.46. The number of hydrogen-bond donors (Lipinski definition) is 2. The molecule has 0 radical (unpaired) electrons. The molecule has 1 fully saturated rings. The summed E-state index contributed by atoms with van der Waals surface area (Å²) in [6, 6.07) is 8.22. The number of rotatable bonds is 9. The van der Waals surface area contributed by atoms with Gasteiger partial charge in [0.15, 0.2) is 5.96 Å². The van der Waals surface area contributed by atoms with Gasteiger partial charge in [-0.1, -0.05) is 12.1 Å². The van der Waals surface area contributed by atoms with Crippen LogP contribution in [-0.2, 0) is 11.3 Å². The molecule has 2 N–H and O–H groups in total. The van der Waals surface area contributed by atoms with Crippen molar-refractivity contribution in [3.8, 4) is 5.75 Å². The first-order chi connectivity index (χ1) is 12.5. The van der Waals surface area contributed by atoms with E-state index in [-0.39, 0.29) is 29.6 Å². The number of guanidine groups is 1. The molecule has 0 bridgehead atoms. The van der Waals surface area contributed by atoms with Gasteiger partial charge in [0, 0.05) is 33.3 Å². The average Bonchev–Trinajstić information content (AvgIpc) is 3.06. The zero-order valence-electron chi connectivity index (χ0n) is 17.1. The summed E-state index contributed by atoms with van der Waals surface area (Å²) in [5, 5.41) is 6.71. The van der Waals surface area contributed by atoms with Gasteiger partial charge in [-0.3, -0.25) is 4.99 Å². The van der Waals surface area contributed by atoms with Crippen LogP contribution in [0, 0.1) is 0 Å². The molecule has 0 saturated carbocycles. The van der Waals surface area contributed by atoms with Gasteiger partial charge in [0.2, 0.25) is 0 Å². The van der Waals surface area contributed by atoms with Crippen LogP contribution in [0.2, 0.25) is 0 Å². The highest BCUT2D eigenvalue weighted by Crippen LogP contribution is 2.23. The Bertz CT molecular complexity index is 558.